The fourth-order valence-corrected chi connectivity index (χ4v) is 4.55. The van der Waals surface area contributed by atoms with Crippen molar-refractivity contribution in [3.63, 3.8) is 0 Å². The van der Waals surface area contributed by atoms with Gasteiger partial charge < -0.3 is 15.0 Å². The third kappa shape index (κ3) is 6.17. The molecule has 9 heteroatoms. The highest BCUT2D eigenvalue weighted by Gasteiger charge is 2.26. The summed E-state index contributed by atoms with van der Waals surface area (Å²) >= 11 is 1.54. The number of anilines is 3. The molecule has 4 rings (SSSR count). The molecule has 0 unspecified atom stereocenters. The van der Waals surface area contributed by atoms with Crippen LogP contribution in [0.3, 0.4) is 0 Å². The highest BCUT2D eigenvalue weighted by molar-refractivity contribution is 7.99. The molecule has 0 amide bonds. The summed E-state index contributed by atoms with van der Waals surface area (Å²) in [6.07, 6.45) is 0. The van der Waals surface area contributed by atoms with Crippen molar-refractivity contribution in [2.45, 2.75) is 50.2 Å². The van der Waals surface area contributed by atoms with Gasteiger partial charge in [-0.2, -0.15) is 5.10 Å². The smallest absolute Gasteiger partial charge is 0.196 e. The van der Waals surface area contributed by atoms with Crippen LogP contribution >= 0.6 is 11.8 Å². The van der Waals surface area contributed by atoms with Crippen molar-refractivity contribution in [3.05, 3.63) is 42.1 Å². The van der Waals surface area contributed by atoms with E-state index in [9.17, 15) is 0 Å². The molecule has 0 spiro atoms. The van der Waals surface area contributed by atoms with E-state index in [1.807, 2.05) is 50.2 Å². The van der Waals surface area contributed by atoms with Crippen LogP contribution in [0.15, 0.2) is 46.5 Å². The summed E-state index contributed by atoms with van der Waals surface area (Å²) in [5.41, 5.74) is 1.17. The number of hydrogen-bond donors (Lipinski definition) is 2. The third-order valence-corrected chi connectivity index (χ3v) is 6.42. The summed E-state index contributed by atoms with van der Waals surface area (Å²) in [5.74, 6) is 3.27. The number of benzene rings is 1. The van der Waals surface area contributed by atoms with Crippen molar-refractivity contribution in [1.82, 2.24) is 25.1 Å². The number of hydrogen-bond acceptors (Lipinski definition) is 8. The van der Waals surface area contributed by atoms with Crippen molar-refractivity contribution < 1.29 is 4.74 Å². The fraction of sp³-hybridized carbons (Fsp3) is 0.458. The fourth-order valence-electron chi connectivity index (χ4n) is 3.78. The van der Waals surface area contributed by atoms with E-state index in [0.717, 1.165) is 60.0 Å². The van der Waals surface area contributed by atoms with Crippen LogP contribution in [0, 0.1) is 6.92 Å². The van der Waals surface area contributed by atoms with Gasteiger partial charge in [0.05, 0.1) is 6.61 Å². The molecular formula is C24H33N7OS. The minimum absolute atomic E-state index is 0.178. The first-order valence-corrected chi connectivity index (χ1v) is 12.2. The van der Waals surface area contributed by atoms with Crippen LogP contribution < -0.4 is 15.0 Å². The molecule has 1 saturated heterocycles. The Hall–Kier alpha value is -2.78. The Morgan fingerprint density at radius 1 is 1.03 bits per heavy atom. The first-order valence-electron chi connectivity index (χ1n) is 11.4. The van der Waals surface area contributed by atoms with Gasteiger partial charge in [0, 0.05) is 54.4 Å². The van der Waals surface area contributed by atoms with Gasteiger partial charge >= 0.3 is 0 Å². The lowest BCUT2D eigenvalue weighted by Crippen LogP contribution is -2.53. The van der Waals surface area contributed by atoms with E-state index in [2.05, 4.69) is 46.1 Å². The lowest BCUT2D eigenvalue weighted by molar-refractivity contribution is 0.128. The first kappa shape index (κ1) is 23.4. The molecule has 0 aliphatic carbocycles. The Balaban J connectivity index is 1.56. The van der Waals surface area contributed by atoms with E-state index in [-0.39, 0.29) is 5.54 Å². The minimum Gasteiger partial charge on any atom is -0.494 e. The maximum atomic E-state index is 5.56. The Morgan fingerprint density at radius 2 is 1.76 bits per heavy atom. The number of aromatic nitrogens is 4. The summed E-state index contributed by atoms with van der Waals surface area (Å²) in [7, 11) is 0. The molecule has 3 heterocycles. The average Bonchev–Trinajstić information content (AvgIpc) is 3.19. The van der Waals surface area contributed by atoms with Crippen LogP contribution in [0.5, 0.6) is 5.75 Å². The quantitative estimate of drug-likeness (QED) is 0.483. The lowest BCUT2D eigenvalue weighted by atomic mass is 10.1. The second-order valence-electron chi connectivity index (χ2n) is 9.11. The normalized spacial score (nSPS) is 15.0. The second kappa shape index (κ2) is 10.0. The van der Waals surface area contributed by atoms with E-state index >= 15 is 0 Å². The molecule has 8 nitrogen and oxygen atoms in total. The number of aryl methyl sites for hydroxylation is 1. The predicted molar refractivity (Wildman–Crippen MR) is 134 cm³/mol. The van der Waals surface area contributed by atoms with Crippen LogP contribution in [0.2, 0.25) is 0 Å². The summed E-state index contributed by atoms with van der Waals surface area (Å²) in [5, 5.41) is 11.3. The molecule has 1 fully saturated rings. The van der Waals surface area contributed by atoms with Crippen LogP contribution in [0.25, 0.3) is 0 Å². The third-order valence-electron chi connectivity index (χ3n) is 5.55. The van der Waals surface area contributed by atoms with Crippen LogP contribution in [0.4, 0.5) is 17.5 Å². The molecule has 0 radical (unpaired) electrons. The zero-order valence-electron chi connectivity index (χ0n) is 20.1. The van der Waals surface area contributed by atoms with E-state index in [1.165, 1.54) is 0 Å². The average molecular weight is 468 g/mol. The predicted octanol–water partition coefficient (Wildman–Crippen LogP) is 4.72. The summed E-state index contributed by atoms with van der Waals surface area (Å²) in [6.45, 7) is 15.3. The number of aromatic amines is 1. The molecule has 2 N–H and O–H groups in total. The lowest BCUT2D eigenvalue weighted by Gasteiger charge is -2.42. The van der Waals surface area contributed by atoms with Gasteiger partial charge in [-0.25, -0.2) is 9.97 Å². The Bertz CT molecular complexity index is 1050. The zero-order chi connectivity index (χ0) is 23.4. The molecule has 0 saturated carbocycles. The molecule has 1 aromatic carbocycles. The Morgan fingerprint density at radius 3 is 2.36 bits per heavy atom. The zero-order valence-corrected chi connectivity index (χ0v) is 20.9. The van der Waals surface area contributed by atoms with E-state index in [4.69, 9.17) is 14.7 Å². The number of nitrogens with zero attached hydrogens (tertiary/aromatic N) is 5. The monoisotopic (exact) mass is 467 g/mol. The highest BCUT2D eigenvalue weighted by atomic mass is 32.2. The number of nitrogens with one attached hydrogen (secondary N) is 2. The first-order chi connectivity index (χ1) is 15.8. The van der Waals surface area contributed by atoms with Crippen LogP contribution in [0.1, 0.15) is 33.4 Å². The molecule has 33 heavy (non-hydrogen) atoms. The number of piperazine rings is 1. The topological polar surface area (TPSA) is 82.2 Å². The minimum atomic E-state index is 0.178. The molecule has 0 atom stereocenters. The van der Waals surface area contributed by atoms with Crippen molar-refractivity contribution >= 4 is 29.2 Å². The van der Waals surface area contributed by atoms with Gasteiger partial charge in [0.25, 0.3) is 0 Å². The van der Waals surface area contributed by atoms with Crippen LogP contribution in [-0.4, -0.2) is 63.4 Å². The summed E-state index contributed by atoms with van der Waals surface area (Å²) < 4.78 is 5.56. The maximum Gasteiger partial charge on any atom is 0.196 e. The maximum absolute atomic E-state index is 5.56. The van der Waals surface area contributed by atoms with Gasteiger partial charge in [-0.3, -0.25) is 10.00 Å². The molecule has 1 aliphatic heterocycles. The molecule has 3 aromatic rings. The van der Waals surface area contributed by atoms with Crippen molar-refractivity contribution in [2.24, 2.45) is 0 Å². The van der Waals surface area contributed by atoms with E-state index < -0.39 is 0 Å². The number of ether oxygens (including phenoxy) is 1. The molecular weight excluding hydrogens is 434 g/mol. The molecule has 2 aromatic heterocycles. The van der Waals surface area contributed by atoms with Gasteiger partial charge in [0.1, 0.15) is 17.4 Å². The highest BCUT2D eigenvalue weighted by Crippen LogP contribution is 2.31. The van der Waals surface area contributed by atoms with Gasteiger partial charge in [0.2, 0.25) is 0 Å². The Labute approximate surface area is 200 Å². The molecule has 176 valence electrons. The SMILES string of the molecule is CCOc1ccc(Sc2nc(Nc3cc(C)[nH]n3)cc(N3CCN(C(C)(C)C)CC3)n2)cc1. The van der Waals surface area contributed by atoms with E-state index in [0.29, 0.717) is 11.8 Å². The number of rotatable bonds is 7. The van der Waals surface area contributed by atoms with Gasteiger partial charge in [-0.1, -0.05) is 0 Å². The van der Waals surface area contributed by atoms with Gasteiger partial charge in [-0.05, 0) is 70.6 Å². The molecule has 1 aliphatic rings. The van der Waals surface area contributed by atoms with Gasteiger partial charge in [0.15, 0.2) is 11.0 Å². The standard InChI is InChI=1S/C24H33N7OS/c1-6-32-18-7-9-19(10-8-18)33-23-26-20(25-21-15-17(2)28-29-21)16-22(27-23)30-11-13-31(14-12-30)24(3,4)5/h7-10,15-16H,6,11-14H2,1-5H3,(H2,25,26,27,28,29). The summed E-state index contributed by atoms with van der Waals surface area (Å²) in [4.78, 5) is 15.6. The van der Waals surface area contributed by atoms with E-state index in [1.54, 1.807) is 11.8 Å². The molecule has 0 bridgehead atoms. The number of H-pyrrole nitrogens is 1. The largest absolute Gasteiger partial charge is 0.494 e. The second-order valence-corrected chi connectivity index (χ2v) is 10.1. The summed E-state index contributed by atoms with van der Waals surface area (Å²) in [6, 6.07) is 12.0. The van der Waals surface area contributed by atoms with Crippen molar-refractivity contribution in [1.29, 1.82) is 0 Å². The van der Waals surface area contributed by atoms with Gasteiger partial charge in [-0.15, -0.1) is 0 Å². The van der Waals surface area contributed by atoms with Crippen molar-refractivity contribution in [3.8, 4) is 5.75 Å². The Kier molecular flexibility index (Phi) is 7.09. The van der Waals surface area contributed by atoms with Crippen molar-refractivity contribution in [2.75, 3.05) is 43.0 Å². The van der Waals surface area contributed by atoms with Crippen LogP contribution in [-0.2, 0) is 0 Å².